The van der Waals surface area contributed by atoms with Crippen LogP contribution in [0.25, 0.3) is 11.0 Å². The van der Waals surface area contributed by atoms with E-state index >= 15 is 0 Å². The third-order valence-corrected chi connectivity index (χ3v) is 8.20. The highest BCUT2D eigenvalue weighted by atomic mass is 28.3. The Hall–Kier alpha value is -3.28. The Morgan fingerprint density at radius 1 is 1.11 bits per heavy atom. The molecule has 2 aromatic carbocycles. The summed E-state index contributed by atoms with van der Waals surface area (Å²) in [5.41, 5.74) is 7.75. The molecule has 2 aliphatic rings. The molecule has 5 rings (SSSR count). The fourth-order valence-corrected chi connectivity index (χ4v) is 5.02. The van der Waals surface area contributed by atoms with Crippen molar-refractivity contribution in [3.63, 3.8) is 0 Å². The molecule has 3 heterocycles. The van der Waals surface area contributed by atoms with Gasteiger partial charge in [-0.15, -0.1) is 0 Å². The number of ether oxygens (including phenoxy) is 3. The number of hydrogen-bond acceptors (Lipinski definition) is 6. The van der Waals surface area contributed by atoms with Gasteiger partial charge in [0.25, 0.3) is 0 Å². The van der Waals surface area contributed by atoms with Crippen molar-refractivity contribution in [3.8, 4) is 5.75 Å². The Kier molecular flexibility index (Phi) is 7.25. The zero-order valence-electron chi connectivity index (χ0n) is 21.6. The van der Waals surface area contributed by atoms with Crippen LogP contribution < -0.4 is 10.5 Å². The number of allylic oxidation sites excluding steroid dienone is 2. The monoisotopic (exact) mass is 544 g/mol. The second kappa shape index (κ2) is 10.5. The van der Waals surface area contributed by atoms with E-state index in [0.29, 0.717) is 35.7 Å². The maximum absolute atomic E-state index is 14.8. The van der Waals surface area contributed by atoms with Crippen molar-refractivity contribution >= 4 is 19.1 Å². The molecule has 0 saturated carbocycles. The molecule has 0 radical (unpaired) electrons. The van der Waals surface area contributed by atoms with E-state index in [4.69, 9.17) is 24.9 Å². The molecule has 7 nitrogen and oxygen atoms in total. The van der Waals surface area contributed by atoms with E-state index in [-0.39, 0.29) is 37.0 Å². The smallest absolute Gasteiger partial charge is 0.163 e. The third kappa shape index (κ3) is 5.90. The summed E-state index contributed by atoms with van der Waals surface area (Å²) < 4.78 is 61.6. The van der Waals surface area contributed by atoms with Gasteiger partial charge in [-0.3, -0.25) is 0 Å². The number of imidazole rings is 1. The van der Waals surface area contributed by atoms with Gasteiger partial charge in [0, 0.05) is 50.3 Å². The Morgan fingerprint density at radius 2 is 1.92 bits per heavy atom. The van der Waals surface area contributed by atoms with Crippen molar-refractivity contribution in [3.05, 3.63) is 83.2 Å². The summed E-state index contributed by atoms with van der Waals surface area (Å²) in [6.07, 6.45) is 5.16. The number of rotatable bonds is 10. The van der Waals surface area contributed by atoms with Crippen LogP contribution in [0.15, 0.2) is 54.4 Å². The van der Waals surface area contributed by atoms with Crippen LogP contribution in [-0.2, 0) is 29.4 Å². The lowest BCUT2D eigenvalue weighted by Gasteiger charge is -2.19. The quantitative estimate of drug-likeness (QED) is 0.214. The summed E-state index contributed by atoms with van der Waals surface area (Å²) in [7, 11) is -1.30. The Bertz CT molecular complexity index is 1400. The maximum Gasteiger partial charge on any atom is 0.163 e. The highest BCUT2D eigenvalue weighted by Crippen LogP contribution is 2.35. The van der Waals surface area contributed by atoms with Gasteiger partial charge in [0.2, 0.25) is 0 Å². The Labute approximate surface area is 220 Å². The first-order chi connectivity index (χ1) is 18.1. The molecule has 0 amide bonds. The number of benzene rings is 2. The summed E-state index contributed by atoms with van der Waals surface area (Å²) in [6.45, 7) is 7.72. The molecule has 1 saturated heterocycles. The van der Waals surface area contributed by atoms with Gasteiger partial charge in [0.05, 0.1) is 12.1 Å². The van der Waals surface area contributed by atoms with Crippen molar-refractivity contribution < 1.29 is 27.4 Å². The van der Waals surface area contributed by atoms with Crippen molar-refractivity contribution in [1.29, 1.82) is 0 Å². The number of fused-ring (bicyclic) bond motifs is 2. The fourth-order valence-electron chi connectivity index (χ4n) is 4.26. The molecule has 1 fully saturated rings. The van der Waals surface area contributed by atoms with E-state index in [1.165, 1.54) is 18.2 Å². The van der Waals surface area contributed by atoms with Gasteiger partial charge in [-0.05, 0) is 30.3 Å². The van der Waals surface area contributed by atoms with Gasteiger partial charge in [-0.1, -0.05) is 19.6 Å². The molecule has 0 spiro atoms. The fraction of sp³-hybridized carbons (Fsp3) is 0.370. The second-order valence-electron chi connectivity index (χ2n) is 10.7. The minimum Gasteiger partial charge on any atom is -0.486 e. The van der Waals surface area contributed by atoms with Gasteiger partial charge in [-0.2, -0.15) is 0 Å². The molecule has 3 aromatic rings. The Balaban J connectivity index is 1.45. The molecule has 2 aliphatic heterocycles. The standard InChI is InChI=1S/C27H31F3N4O3Si/c1-38(2,3)10-9-35-16-34-22-12-19(29)13-23(36-15-17-6-7-18(28)11-20(17)30)25(22)32-24(34)14-33-8-4-5-21(31)26-27(33)37-26/h4-8,11-13,26-27H,9-10,14-16,31H2,1-3H3. The van der Waals surface area contributed by atoms with Crippen LogP contribution in [-0.4, -0.2) is 41.5 Å². The number of aromatic nitrogens is 2. The lowest BCUT2D eigenvalue weighted by Crippen LogP contribution is -2.25. The first kappa shape index (κ1) is 26.3. The molecular weight excluding hydrogens is 513 g/mol. The van der Waals surface area contributed by atoms with E-state index in [2.05, 4.69) is 19.6 Å². The average molecular weight is 545 g/mol. The minimum absolute atomic E-state index is 0.148. The van der Waals surface area contributed by atoms with Gasteiger partial charge < -0.3 is 29.4 Å². The number of halogens is 3. The van der Waals surface area contributed by atoms with Gasteiger partial charge in [-0.25, -0.2) is 18.2 Å². The first-order valence-corrected chi connectivity index (χ1v) is 16.2. The van der Waals surface area contributed by atoms with Crippen LogP contribution in [0.1, 0.15) is 11.4 Å². The molecular formula is C27H31F3N4O3Si. The lowest BCUT2D eigenvalue weighted by molar-refractivity contribution is 0.0857. The topological polar surface area (TPSA) is 78.1 Å². The third-order valence-electron chi connectivity index (χ3n) is 6.49. The molecule has 202 valence electrons. The van der Waals surface area contributed by atoms with Crippen LogP contribution in [0.5, 0.6) is 5.75 Å². The van der Waals surface area contributed by atoms with E-state index in [1.807, 2.05) is 27.8 Å². The molecule has 2 atom stereocenters. The molecule has 11 heteroatoms. The van der Waals surface area contributed by atoms with E-state index in [9.17, 15) is 13.2 Å². The predicted molar refractivity (Wildman–Crippen MR) is 140 cm³/mol. The number of epoxide rings is 1. The summed E-state index contributed by atoms with van der Waals surface area (Å²) >= 11 is 0. The SMILES string of the molecule is C[Si](C)(C)CCOCn1c(CN2C=CC=C(N)C3OC32)nc2c(OCc3ccc(F)cc3F)cc(F)cc21. The normalized spacial score (nSPS) is 18.9. The first-order valence-electron chi connectivity index (χ1n) is 12.5. The van der Waals surface area contributed by atoms with Crippen molar-refractivity contribution in [1.82, 2.24) is 14.5 Å². The highest BCUT2D eigenvalue weighted by Gasteiger charge is 2.45. The van der Waals surface area contributed by atoms with Crippen LogP contribution in [0.4, 0.5) is 13.2 Å². The number of nitrogens with zero attached hydrogens (tertiary/aromatic N) is 3. The minimum atomic E-state index is -1.30. The number of hydrogen-bond donors (Lipinski definition) is 1. The summed E-state index contributed by atoms with van der Waals surface area (Å²) in [5, 5.41) is 0. The van der Waals surface area contributed by atoms with Crippen LogP contribution >= 0.6 is 0 Å². The summed E-state index contributed by atoms with van der Waals surface area (Å²) in [5.74, 6) is -1.17. The maximum atomic E-state index is 14.8. The van der Waals surface area contributed by atoms with Crippen molar-refractivity contribution in [2.24, 2.45) is 5.73 Å². The largest absolute Gasteiger partial charge is 0.486 e. The molecule has 2 unspecified atom stereocenters. The molecule has 0 bridgehead atoms. The second-order valence-corrected chi connectivity index (χ2v) is 16.3. The molecule has 38 heavy (non-hydrogen) atoms. The zero-order valence-corrected chi connectivity index (χ0v) is 22.6. The predicted octanol–water partition coefficient (Wildman–Crippen LogP) is 5.24. The van der Waals surface area contributed by atoms with Crippen LogP contribution in [0, 0.1) is 17.5 Å². The van der Waals surface area contributed by atoms with Crippen molar-refractivity contribution in [2.45, 2.75) is 57.9 Å². The van der Waals surface area contributed by atoms with E-state index in [0.717, 1.165) is 18.2 Å². The van der Waals surface area contributed by atoms with E-state index < -0.39 is 25.5 Å². The molecule has 1 aromatic heterocycles. The van der Waals surface area contributed by atoms with Crippen LogP contribution in [0.2, 0.25) is 25.7 Å². The van der Waals surface area contributed by atoms with E-state index in [1.54, 1.807) is 0 Å². The summed E-state index contributed by atoms with van der Waals surface area (Å²) in [6, 6.07) is 6.82. The molecule has 2 N–H and O–H groups in total. The van der Waals surface area contributed by atoms with Crippen molar-refractivity contribution in [2.75, 3.05) is 6.61 Å². The average Bonchev–Trinajstić information content (AvgIpc) is 3.58. The van der Waals surface area contributed by atoms with Crippen LogP contribution in [0.3, 0.4) is 0 Å². The number of nitrogens with two attached hydrogens (primary N) is 1. The van der Waals surface area contributed by atoms with Gasteiger partial charge >= 0.3 is 0 Å². The Morgan fingerprint density at radius 3 is 2.68 bits per heavy atom. The highest BCUT2D eigenvalue weighted by molar-refractivity contribution is 6.76. The molecule has 0 aliphatic carbocycles. The van der Waals surface area contributed by atoms with Gasteiger partial charge in [0.1, 0.15) is 48.2 Å². The lowest BCUT2D eigenvalue weighted by atomic mass is 10.2. The van der Waals surface area contributed by atoms with Gasteiger partial charge in [0.15, 0.2) is 12.0 Å². The zero-order chi connectivity index (χ0) is 27.0. The summed E-state index contributed by atoms with van der Waals surface area (Å²) in [4.78, 5) is 6.77.